The molecule has 29 heavy (non-hydrogen) atoms. The summed E-state index contributed by atoms with van der Waals surface area (Å²) in [5.41, 5.74) is 1.54. The summed E-state index contributed by atoms with van der Waals surface area (Å²) in [6.07, 6.45) is 1.64. The van der Waals surface area contributed by atoms with Crippen molar-refractivity contribution in [3.63, 3.8) is 0 Å². The van der Waals surface area contributed by atoms with E-state index >= 15 is 0 Å². The average Bonchev–Trinajstić information content (AvgIpc) is 2.74. The summed E-state index contributed by atoms with van der Waals surface area (Å²) in [7, 11) is -3.63. The first kappa shape index (κ1) is 22.0. The summed E-state index contributed by atoms with van der Waals surface area (Å²) in [5, 5.41) is 2.96. The van der Waals surface area contributed by atoms with Crippen LogP contribution in [0.25, 0.3) is 0 Å². The van der Waals surface area contributed by atoms with Crippen molar-refractivity contribution in [3.8, 4) is 0 Å². The minimum atomic E-state index is -3.63. The Morgan fingerprint density at radius 1 is 1.17 bits per heavy atom. The van der Waals surface area contributed by atoms with Gasteiger partial charge in [-0.15, -0.1) is 0 Å². The van der Waals surface area contributed by atoms with E-state index in [4.69, 9.17) is 4.74 Å². The third kappa shape index (κ3) is 5.88. The van der Waals surface area contributed by atoms with Gasteiger partial charge in [0.05, 0.1) is 18.1 Å². The van der Waals surface area contributed by atoms with Crippen LogP contribution in [-0.2, 0) is 21.2 Å². The van der Waals surface area contributed by atoms with Crippen LogP contribution >= 0.6 is 15.9 Å². The highest BCUT2D eigenvalue weighted by molar-refractivity contribution is 9.10. The molecule has 1 atom stereocenters. The molecule has 1 amide bonds. The standard InChI is InChI=1S/C21H25BrN2O4S/c1-16(5-6-17-7-9-19(22)10-8-17)23-21(25)18-3-2-4-20(15-18)29(26,27)24-11-13-28-14-12-24/h2-4,7-10,15-16H,5-6,11-14H2,1H3,(H,23,25). The maximum absolute atomic E-state index is 12.8. The molecular weight excluding hydrogens is 456 g/mol. The Bertz CT molecular complexity index is 941. The smallest absolute Gasteiger partial charge is 0.251 e. The Hall–Kier alpha value is -1.74. The van der Waals surface area contributed by atoms with E-state index in [0.29, 0.717) is 31.9 Å². The average molecular weight is 481 g/mol. The molecule has 1 aliphatic rings. The number of carbonyl (C=O) groups is 1. The second-order valence-corrected chi connectivity index (χ2v) is 9.94. The summed E-state index contributed by atoms with van der Waals surface area (Å²) in [6, 6.07) is 14.3. The molecule has 156 valence electrons. The second kappa shape index (κ2) is 9.84. The summed E-state index contributed by atoms with van der Waals surface area (Å²) in [4.78, 5) is 12.8. The molecule has 1 heterocycles. The Kier molecular flexibility index (Phi) is 7.45. The van der Waals surface area contributed by atoms with Gasteiger partial charge in [0, 0.05) is 29.2 Å². The summed E-state index contributed by atoms with van der Waals surface area (Å²) >= 11 is 3.42. The van der Waals surface area contributed by atoms with Gasteiger partial charge in [-0.3, -0.25) is 4.79 Å². The first-order valence-corrected chi connectivity index (χ1v) is 11.8. The van der Waals surface area contributed by atoms with Crippen molar-refractivity contribution in [3.05, 3.63) is 64.1 Å². The molecule has 8 heteroatoms. The zero-order valence-electron chi connectivity index (χ0n) is 16.3. The number of hydrogen-bond acceptors (Lipinski definition) is 4. The lowest BCUT2D eigenvalue weighted by Crippen LogP contribution is -2.40. The van der Waals surface area contributed by atoms with E-state index in [0.717, 1.165) is 17.3 Å². The number of amides is 1. The van der Waals surface area contributed by atoms with Gasteiger partial charge in [-0.05, 0) is 55.7 Å². The molecule has 0 aromatic heterocycles. The third-order valence-electron chi connectivity index (χ3n) is 4.86. The van der Waals surface area contributed by atoms with Gasteiger partial charge in [0.2, 0.25) is 10.0 Å². The number of hydrogen-bond donors (Lipinski definition) is 1. The maximum atomic E-state index is 12.8. The van der Waals surface area contributed by atoms with Crippen LogP contribution in [0.4, 0.5) is 0 Å². The molecule has 0 saturated carbocycles. The number of morpholine rings is 1. The maximum Gasteiger partial charge on any atom is 0.251 e. The zero-order chi connectivity index (χ0) is 20.9. The first-order valence-electron chi connectivity index (χ1n) is 9.59. The molecular formula is C21H25BrN2O4S. The number of aryl methyl sites for hydroxylation is 1. The number of nitrogens with zero attached hydrogens (tertiary/aromatic N) is 1. The largest absolute Gasteiger partial charge is 0.379 e. The van der Waals surface area contributed by atoms with Crippen LogP contribution < -0.4 is 5.32 Å². The normalized spacial score (nSPS) is 16.3. The number of nitrogens with one attached hydrogen (secondary N) is 1. The van der Waals surface area contributed by atoms with E-state index in [2.05, 4.69) is 33.4 Å². The van der Waals surface area contributed by atoms with Crippen molar-refractivity contribution in [1.29, 1.82) is 0 Å². The Morgan fingerprint density at radius 2 is 1.86 bits per heavy atom. The van der Waals surface area contributed by atoms with Crippen molar-refractivity contribution in [2.24, 2.45) is 0 Å². The fourth-order valence-corrected chi connectivity index (χ4v) is 4.87. The lowest BCUT2D eigenvalue weighted by molar-refractivity contribution is 0.0730. The molecule has 2 aromatic carbocycles. The first-order chi connectivity index (χ1) is 13.9. The topological polar surface area (TPSA) is 75.7 Å². The van der Waals surface area contributed by atoms with Crippen LogP contribution in [0.2, 0.25) is 0 Å². The lowest BCUT2D eigenvalue weighted by Gasteiger charge is -2.26. The van der Waals surface area contributed by atoms with E-state index in [1.54, 1.807) is 12.1 Å². The molecule has 0 aliphatic carbocycles. The predicted molar refractivity (Wildman–Crippen MR) is 115 cm³/mol. The minimum absolute atomic E-state index is 0.0364. The highest BCUT2D eigenvalue weighted by Crippen LogP contribution is 2.19. The van der Waals surface area contributed by atoms with E-state index in [1.165, 1.54) is 22.0 Å². The van der Waals surface area contributed by atoms with Gasteiger partial charge in [0.1, 0.15) is 0 Å². The number of halogens is 1. The highest BCUT2D eigenvalue weighted by Gasteiger charge is 2.27. The third-order valence-corrected chi connectivity index (χ3v) is 7.28. The van der Waals surface area contributed by atoms with Crippen molar-refractivity contribution < 1.29 is 17.9 Å². The van der Waals surface area contributed by atoms with Gasteiger partial charge in [0.15, 0.2) is 0 Å². The molecule has 1 fully saturated rings. The Balaban J connectivity index is 1.62. The van der Waals surface area contributed by atoms with Crippen LogP contribution in [0.1, 0.15) is 29.3 Å². The van der Waals surface area contributed by atoms with Crippen LogP contribution in [0.15, 0.2) is 57.9 Å². The van der Waals surface area contributed by atoms with E-state index in [9.17, 15) is 13.2 Å². The van der Waals surface area contributed by atoms with Gasteiger partial charge in [-0.25, -0.2) is 8.42 Å². The predicted octanol–water partition coefficient (Wildman–Crippen LogP) is 3.22. The molecule has 3 rings (SSSR count). The molecule has 1 saturated heterocycles. The molecule has 0 bridgehead atoms. The Morgan fingerprint density at radius 3 is 2.55 bits per heavy atom. The zero-order valence-corrected chi connectivity index (χ0v) is 18.7. The molecule has 1 unspecified atom stereocenters. The van der Waals surface area contributed by atoms with Crippen LogP contribution in [-0.4, -0.2) is 51.0 Å². The molecule has 6 nitrogen and oxygen atoms in total. The fraction of sp³-hybridized carbons (Fsp3) is 0.381. The number of benzene rings is 2. The Labute approximate surface area is 180 Å². The van der Waals surface area contributed by atoms with Crippen molar-refractivity contribution in [1.82, 2.24) is 9.62 Å². The molecule has 0 spiro atoms. The molecule has 0 radical (unpaired) electrons. The van der Waals surface area contributed by atoms with E-state index < -0.39 is 10.0 Å². The molecule has 1 N–H and O–H groups in total. The van der Waals surface area contributed by atoms with Gasteiger partial charge >= 0.3 is 0 Å². The summed E-state index contributed by atoms with van der Waals surface area (Å²) in [6.45, 7) is 3.37. The van der Waals surface area contributed by atoms with Gasteiger partial charge in [-0.2, -0.15) is 4.31 Å². The minimum Gasteiger partial charge on any atom is -0.379 e. The summed E-state index contributed by atoms with van der Waals surface area (Å²) < 4.78 is 33.3. The van der Waals surface area contributed by atoms with Crippen LogP contribution in [0.5, 0.6) is 0 Å². The van der Waals surface area contributed by atoms with E-state index in [1.807, 2.05) is 19.1 Å². The number of sulfonamides is 1. The lowest BCUT2D eigenvalue weighted by atomic mass is 10.1. The fourth-order valence-electron chi connectivity index (χ4n) is 3.15. The van der Waals surface area contributed by atoms with Gasteiger partial charge in [0.25, 0.3) is 5.91 Å². The number of rotatable bonds is 7. The van der Waals surface area contributed by atoms with Crippen molar-refractivity contribution >= 4 is 31.9 Å². The number of carbonyl (C=O) groups excluding carboxylic acids is 1. The van der Waals surface area contributed by atoms with Crippen LogP contribution in [0.3, 0.4) is 0 Å². The molecule has 1 aliphatic heterocycles. The van der Waals surface area contributed by atoms with Crippen molar-refractivity contribution in [2.75, 3.05) is 26.3 Å². The SMILES string of the molecule is CC(CCc1ccc(Br)cc1)NC(=O)c1cccc(S(=O)(=O)N2CCOCC2)c1. The van der Waals surface area contributed by atoms with Gasteiger partial charge < -0.3 is 10.1 Å². The van der Waals surface area contributed by atoms with Gasteiger partial charge in [-0.1, -0.05) is 34.1 Å². The van der Waals surface area contributed by atoms with Crippen LogP contribution in [0, 0.1) is 0 Å². The summed E-state index contributed by atoms with van der Waals surface area (Å²) in [5.74, 6) is -0.271. The van der Waals surface area contributed by atoms with Crippen molar-refractivity contribution in [2.45, 2.75) is 30.7 Å². The molecule has 2 aromatic rings. The monoisotopic (exact) mass is 480 g/mol. The quantitative estimate of drug-likeness (QED) is 0.659. The highest BCUT2D eigenvalue weighted by atomic mass is 79.9. The second-order valence-electron chi connectivity index (χ2n) is 7.08. The number of ether oxygens (including phenoxy) is 1. The van der Waals surface area contributed by atoms with E-state index in [-0.39, 0.29) is 16.8 Å².